The van der Waals surface area contributed by atoms with Gasteiger partial charge in [-0.25, -0.2) is 13.8 Å². The molecule has 0 bridgehead atoms. The number of fused-ring (bicyclic) bond motifs is 1. The number of hydrogen-bond acceptors (Lipinski definition) is 5. The van der Waals surface area contributed by atoms with Crippen molar-refractivity contribution < 1.29 is 28.5 Å². The molecule has 1 aromatic heterocycles. The Morgan fingerprint density at radius 3 is 2.43 bits per heavy atom. The molecule has 1 saturated carbocycles. The number of aromatic hydroxyl groups is 1. The Kier molecular flexibility index (Phi) is 6.56. The lowest BCUT2D eigenvalue weighted by atomic mass is 9.85. The highest BCUT2D eigenvalue weighted by Crippen LogP contribution is 2.44. The van der Waals surface area contributed by atoms with Gasteiger partial charge in [0.2, 0.25) is 0 Å². The zero-order valence-corrected chi connectivity index (χ0v) is 19.3. The lowest BCUT2D eigenvalue weighted by Gasteiger charge is -2.30. The van der Waals surface area contributed by atoms with Crippen LogP contribution in [-0.2, 0) is 9.53 Å². The second-order valence-electron chi connectivity index (χ2n) is 9.47. The molecule has 0 atom stereocenters. The minimum absolute atomic E-state index is 0.0255. The molecule has 2 aliphatic rings. The molecule has 0 radical (unpaired) electrons. The van der Waals surface area contributed by atoms with E-state index < -0.39 is 17.6 Å². The zero-order valence-electron chi connectivity index (χ0n) is 19.3. The maximum Gasteiger partial charge on any atom is 0.306 e. The monoisotopic (exact) mass is 482 g/mol. The fourth-order valence-corrected chi connectivity index (χ4v) is 5.37. The van der Waals surface area contributed by atoms with Gasteiger partial charge in [0.25, 0.3) is 0 Å². The van der Waals surface area contributed by atoms with E-state index in [2.05, 4.69) is 5.32 Å². The molecule has 6 nitrogen and oxygen atoms in total. The van der Waals surface area contributed by atoms with E-state index in [4.69, 9.17) is 9.72 Å². The lowest BCUT2D eigenvalue weighted by molar-refractivity contribution is -0.142. The predicted octanol–water partition coefficient (Wildman–Crippen LogP) is 5.83. The molecule has 1 aliphatic heterocycles. The number of phenols is 1. The molecule has 0 amide bonds. The van der Waals surface area contributed by atoms with Gasteiger partial charge in [0.1, 0.15) is 11.6 Å². The van der Waals surface area contributed by atoms with Gasteiger partial charge in [0.05, 0.1) is 17.0 Å². The van der Waals surface area contributed by atoms with E-state index in [1.807, 2.05) is 6.07 Å². The highest BCUT2D eigenvalue weighted by atomic mass is 19.2. The van der Waals surface area contributed by atoms with Crippen molar-refractivity contribution in [2.75, 3.05) is 18.5 Å². The van der Waals surface area contributed by atoms with Crippen molar-refractivity contribution in [1.29, 1.82) is 0 Å². The third-order valence-corrected chi connectivity index (χ3v) is 7.27. The average molecular weight is 483 g/mol. The molecular weight excluding hydrogens is 454 g/mol. The van der Waals surface area contributed by atoms with Crippen LogP contribution in [0.3, 0.4) is 0 Å². The smallest absolute Gasteiger partial charge is 0.306 e. The van der Waals surface area contributed by atoms with E-state index in [9.17, 15) is 23.8 Å². The minimum atomic E-state index is -0.939. The summed E-state index contributed by atoms with van der Waals surface area (Å²) >= 11 is 0. The van der Waals surface area contributed by atoms with Crippen LogP contribution in [0.1, 0.15) is 50.1 Å². The van der Waals surface area contributed by atoms with Crippen molar-refractivity contribution in [3.63, 3.8) is 0 Å². The molecule has 0 unspecified atom stereocenters. The van der Waals surface area contributed by atoms with Gasteiger partial charge >= 0.3 is 5.97 Å². The number of halogens is 2. The topological polar surface area (TPSA) is 91.7 Å². The number of aromatic nitrogens is 1. The van der Waals surface area contributed by atoms with Crippen molar-refractivity contribution in [3.8, 4) is 16.9 Å². The number of pyridine rings is 1. The Bertz CT molecular complexity index is 1250. The number of anilines is 1. The predicted molar refractivity (Wildman–Crippen MR) is 129 cm³/mol. The number of nitrogens with zero attached hydrogens (tertiary/aromatic N) is 1. The third-order valence-electron chi connectivity index (χ3n) is 7.27. The summed E-state index contributed by atoms with van der Waals surface area (Å²) in [6.07, 6.45) is 4.03. The number of benzene rings is 2. The fraction of sp³-hybridized carbons (Fsp3) is 0.407. The maximum absolute atomic E-state index is 14.3. The number of nitrogens with one attached hydrogen (secondary N) is 1. The number of aliphatic carboxylic acids is 1. The Morgan fingerprint density at radius 1 is 1.00 bits per heavy atom. The second-order valence-corrected chi connectivity index (χ2v) is 9.47. The largest absolute Gasteiger partial charge is 0.507 e. The van der Waals surface area contributed by atoms with Crippen LogP contribution in [0.5, 0.6) is 5.75 Å². The minimum Gasteiger partial charge on any atom is -0.507 e. The molecule has 0 spiro atoms. The molecule has 35 heavy (non-hydrogen) atoms. The third kappa shape index (κ3) is 4.67. The van der Waals surface area contributed by atoms with Crippen molar-refractivity contribution in [2.24, 2.45) is 5.92 Å². The van der Waals surface area contributed by atoms with Gasteiger partial charge in [0.15, 0.2) is 11.6 Å². The van der Waals surface area contributed by atoms with Crippen molar-refractivity contribution in [2.45, 2.75) is 50.5 Å². The lowest BCUT2D eigenvalue weighted by Crippen LogP contribution is -2.30. The van der Waals surface area contributed by atoms with E-state index in [0.717, 1.165) is 24.6 Å². The standard InChI is InChI=1S/C27H28F2N2O4/c28-20-9-6-17(14-21(20)29)23-19-2-1-3-22(32)24(19)26(31-25(23)15-10-12-35-13-11-15)30-18-7-4-16(5-8-18)27(33)34/h1-3,6,9,14-16,18,32H,4-5,7-8,10-13H2,(H,30,31)(H,33,34). The van der Waals surface area contributed by atoms with Crippen LogP contribution in [0, 0.1) is 17.6 Å². The number of carboxylic acid groups (broad SMARTS) is 1. The number of rotatable bonds is 5. The molecule has 2 aromatic carbocycles. The first-order chi connectivity index (χ1) is 16.9. The van der Waals surface area contributed by atoms with Gasteiger partial charge in [-0.2, -0.15) is 0 Å². The van der Waals surface area contributed by atoms with Crippen LogP contribution < -0.4 is 5.32 Å². The summed E-state index contributed by atoms with van der Waals surface area (Å²) in [7, 11) is 0. The zero-order chi connectivity index (χ0) is 24.5. The van der Waals surface area contributed by atoms with Crippen LogP contribution in [0.25, 0.3) is 21.9 Å². The summed E-state index contributed by atoms with van der Waals surface area (Å²) in [6, 6.07) is 9.04. The van der Waals surface area contributed by atoms with E-state index in [1.54, 1.807) is 18.2 Å². The van der Waals surface area contributed by atoms with Crippen molar-refractivity contribution in [3.05, 3.63) is 53.7 Å². The highest BCUT2D eigenvalue weighted by Gasteiger charge is 2.29. The highest BCUT2D eigenvalue weighted by molar-refractivity contribution is 6.06. The first-order valence-electron chi connectivity index (χ1n) is 12.1. The maximum atomic E-state index is 14.3. The molecule has 2 heterocycles. The van der Waals surface area contributed by atoms with Crippen LogP contribution in [0.2, 0.25) is 0 Å². The number of carboxylic acids is 1. The van der Waals surface area contributed by atoms with Crippen LogP contribution >= 0.6 is 0 Å². The van der Waals surface area contributed by atoms with Crippen molar-refractivity contribution >= 4 is 22.6 Å². The first-order valence-corrected chi connectivity index (χ1v) is 12.1. The van der Waals surface area contributed by atoms with Crippen molar-refractivity contribution in [1.82, 2.24) is 4.98 Å². The summed E-state index contributed by atoms with van der Waals surface area (Å²) in [5.74, 6) is -2.32. The molecule has 8 heteroatoms. The number of ether oxygens (including phenoxy) is 1. The van der Waals surface area contributed by atoms with Gasteiger partial charge in [-0.05, 0) is 67.7 Å². The van der Waals surface area contributed by atoms with E-state index >= 15 is 0 Å². The van der Waals surface area contributed by atoms with Crippen LogP contribution in [-0.4, -0.2) is 40.4 Å². The molecule has 1 aliphatic carbocycles. The quantitative estimate of drug-likeness (QED) is 0.424. The van der Waals surface area contributed by atoms with Crippen LogP contribution in [0.4, 0.5) is 14.6 Å². The Labute approximate surface area is 202 Å². The first kappa shape index (κ1) is 23.5. The Balaban J connectivity index is 1.64. The number of phenolic OH excluding ortho intramolecular Hbond substituents is 1. The molecular formula is C27H28F2N2O4. The Hall–Kier alpha value is -3.26. The van der Waals surface area contributed by atoms with Gasteiger partial charge in [-0.1, -0.05) is 18.2 Å². The molecule has 5 rings (SSSR count). The summed E-state index contributed by atoms with van der Waals surface area (Å²) in [5.41, 5.74) is 1.95. The van der Waals surface area contributed by atoms with E-state index in [1.165, 1.54) is 6.07 Å². The molecule has 3 aromatic rings. The molecule has 1 saturated heterocycles. The van der Waals surface area contributed by atoms with E-state index in [0.29, 0.717) is 66.6 Å². The Morgan fingerprint density at radius 2 is 1.74 bits per heavy atom. The van der Waals surface area contributed by atoms with E-state index in [-0.39, 0.29) is 23.6 Å². The van der Waals surface area contributed by atoms with Gasteiger partial charge in [-0.3, -0.25) is 4.79 Å². The summed E-state index contributed by atoms with van der Waals surface area (Å²) in [4.78, 5) is 16.4. The summed E-state index contributed by atoms with van der Waals surface area (Å²) in [5, 5.41) is 24.9. The molecule has 3 N–H and O–H groups in total. The van der Waals surface area contributed by atoms with Gasteiger partial charge < -0.3 is 20.3 Å². The molecule has 184 valence electrons. The normalized spacial score (nSPS) is 21.2. The van der Waals surface area contributed by atoms with Crippen LogP contribution in [0.15, 0.2) is 36.4 Å². The average Bonchev–Trinajstić information content (AvgIpc) is 2.86. The van der Waals surface area contributed by atoms with Gasteiger partial charge in [-0.15, -0.1) is 0 Å². The summed E-state index contributed by atoms with van der Waals surface area (Å²) in [6.45, 7) is 1.17. The second kappa shape index (κ2) is 9.77. The summed E-state index contributed by atoms with van der Waals surface area (Å²) < 4.78 is 33.6. The fourth-order valence-electron chi connectivity index (χ4n) is 5.37. The van der Waals surface area contributed by atoms with Gasteiger partial charge in [0, 0.05) is 30.7 Å². The number of carbonyl (C=O) groups is 1. The molecule has 2 fully saturated rings. The number of hydrogen-bond donors (Lipinski definition) is 3. The SMILES string of the molecule is O=C(O)C1CCC(Nc2nc(C3CCOCC3)c(-c3ccc(F)c(F)c3)c3cccc(O)c23)CC1.